The second kappa shape index (κ2) is 3.11. The van der Waals surface area contributed by atoms with E-state index in [1.807, 2.05) is 13.0 Å². The molecule has 0 aliphatic carbocycles. The van der Waals surface area contributed by atoms with Gasteiger partial charge in [0.25, 0.3) is 0 Å². The van der Waals surface area contributed by atoms with Crippen molar-refractivity contribution in [2.24, 2.45) is 0 Å². The average molecular weight is 236 g/mol. The van der Waals surface area contributed by atoms with Crippen LogP contribution in [0, 0.1) is 13.8 Å². The zero-order valence-electron chi connectivity index (χ0n) is 7.63. The number of benzene rings is 1. The Morgan fingerprint density at radius 2 is 1.85 bits per heavy atom. The summed E-state index contributed by atoms with van der Waals surface area (Å²) in [7, 11) is 0. The Morgan fingerprint density at radius 1 is 1.08 bits per heavy atom. The first kappa shape index (κ1) is 8.70. The number of hydrogen-bond acceptors (Lipinski definition) is 1. The maximum atomic E-state index is 4.51. The number of nitrogens with zero attached hydrogens (tertiary/aromatic N) is 1. The zero-order chi connectivity index (χ0) is 9.42. The predicted octanol–water partition coefficient (Wildman–Crippen LogP) is 3.61. The van der Waals surface area contributed by atoms with Crippen LogP contribution in [0.15, 0.2) is 28.7 Å². The minimum Gasteiger partial charge on any atom is -0.253 e. The van der Waals surface area contributed by atoms with Crippen LogP contribution >= 0.6 is 15.9 Å². The van der Waals surface area contributed by atoms with Crippen LogP contribution < -0.4 is 0 Å². The van der Waals surface area contributed by atoms with Crippen molar-refractivity contribution in [3.8, 4) is 0 Å². The number of pyridine rings is 1. The first-order valence-corrected chi connectivity index (χ1v) is 5.00. The van der Waals surface area contributed by atoms with Gasteiger partial charge < -0.3 is 0 Å². The molecule has 1 aromatic heterocycles. The Balaban J connectivity index is 2.92. The summed E-state index contributed by atoms with van der Waals surface area (Å²) in [5, 5.41) is 1.19. The lowest BCUT2D eigenvalue weighted by Gasteiger charge is -2.03. The second-order valence-corrected chi connectivity index (χ2v) is 4.07. The molecule has 0 atom stereocenters. The van der Waals surface area contributed by atoms with Gasteiger partial charge in [-0.1, -0.05) is 22.0 Å². The van der Waals surface area contributed by atoms with Crippen LogP contribution in [0.25, 0.3) is 10.9 Å². The number of hydrogen-bond donors (Lipinski definition) is 0. The van der Waals surface area contributed by atoms with Crippen LogP contribution in [0.3, 0.4) is 0 Å². The lowest BCUT2D eigenvalue weighted by molar-refractivity contribution is 1.24. The van der Waals surface area contributed by atoms with E-state index in [2.05, 4.69) is 46.0 Å². The molecule has 0 N–H and O–H groups in total. The normalized spacial score (nSPS) is 10.7. The van der Waals surface area contributed by atoms with Gasteiger partial charge in [-0.3, -0.25) is 4.98 Å². The van der Waals surface area contributed by atoms with E-state index < -0.39 is 0 Å². The molecule has 1 nitrogen and oxygen atoms in total. The van der Waals surface area contributed by atoms with Crippen molar-refractivity contribution < 1.29 is 0 Å². The minimum atomic E-state index is 1.06. The maximum Gasteiger partial charge on any atom is 0.0745 e. The molecule has 0 radical (unpaired) electrons. The van der Waals surface area contributed by atoms with E-state index in [0.29, 0.717) is 0 Å². The SMILES string of the molecule is Cc1ccc2c(Br)ccc(C)c2n1. The summed E-state index contributed by atoms with van der Waals surface area (Å²) in [4.78, 5) is 4.51. The number of aromatic nitrogens is 1. The second-order valence-electron chi connectivity index (χ2n) is 3.21. The number of rotatable bonds is 0. The summed E-state index contributed by atoms with van der Waals surface area (Å²) in [6, 6.07) is 8.29. The van der Waals surface area contributed by atoms with Gasteiger partial charge in [0.05, 0.1) is 5.52 Å². The van der Waals surface area contributed by atoms with Crippen molar-refractivity contribution in [3.63, 3.8) is 0 Å². The van der Waals surface area contributed by atoms with Gasteiger partial charge >= 0.3 is 0 Å². The first-order chi connectivity index (χ1) is 6.18. The lowest BCUT2D eigenvalue weighted by Crippen LogP contribution is -1.86. The van der Waals surface area contributed by atoms with Crippen LogP contribution in [0.5, 0.6) is 0 Å². The smallest absolute Gasteiger partial charge is 0.0745 e. The van der Waals surface area contributed by atoms with Crippen molar-refractivity contribution in [1.82, 2.24) is 4.98 Å². The molecule has 0 amide bonds. The van der Waals surface area contributed by atoms with E-state index in [9.17, 15) is 0 Å². The maximum absolute atomic E-state index is 4.51. The van der Waals surface area contributed by atoms with Gasteiger partial charge in [0.2, 0.25) is 0 Å². The Hall–Kier alpha value is -0.890. The van der Waals surface area contributed by atoms with Crippen molar-refractivity contribution in [3.05, 3.63) is 40.0 Å². The summed E-state index contributed by atoms with van der Waals surface area (Å²) >= 11 is 3.52. The molecule has 0 saturated carbocycles. The van der Waals surface area contributed by atoms with E-state index in [1.165, 1.54) is 10.9 Å². The van der Waals surface area contributed by atoms with E-state index in [0.717, 1.165) is 15.7 Å². The van der Waals surface area contributed by atoms with Gasteiger partial charge in [-0.05, 0) is 37.6 Å². The summed E-state index contributed by atoms with van der Waals surface area (Å²) in [6.07, 6.45) is 0. The molecule has 0 spiro atoms. The topological polar surface area (TPSA) is 12.9 Å². The molecule has 1 heterocycles. The molecule has 2 rings (SSSR count). The summed E-state index contributed by atoms with van der Waals surface area (Å²) < 4.78 is 1.11. The Morgan fingerprint density at radius 3 is 2.62 bits per heavy atom. The van der Waals surface area contributed by atoms with E-state index in [-0.39, 0.29) is 0 Å². The Bertz CT molecular complexity index is 463. The molecule has 0 bridgehead atoms. The fraction of sp³-hybridized carbons (Fsp3) is 0.182. The van der Waals surface area contributed by atoms with Crippen molar-refractivity contribution in [2.45, 2.75) is 13.8 Å². The van der Waals surface area contributed by atoms with Gasteiger partial charge in [-0.15, -0.1) is 0 Å². The highest BCUT2D eigenvalue weighted by molar-refractivity contribution is 9.10. The Kier molecular flexibility index (Phi) is 2.08. The molecule has 1 aromatic carbocycles. The molecule has 13 heavy (non-hydrogen) atoms. The van der Waals surface area contributed by atoms with E-state index in [4.69, 9.17) is 0 Å². The predicted molar refractivity (Wildman–Crippen MR) is 58.9 cm³/mol. The first-order valence-electron chi connectivity index (χ1n) is 4.21. The highest BCUT2D eigenvalue weighted by Crippen LogP contribution is 2.25. The van der Waals surface area contributed by atoms with Crippen molar-refractivity contribution in [2.75, 3.05) is 0 Å². The fourth-order valence-electron chi connectivity index (χ4n) is 1.42. The average Bonchev–Trinajstić information content (AvgIpc) is 2.12. The molecule has 66 valence electrons. The van der Waals surface area contributed by atoms with Gasteiger partial charge in [0.15, 0.2) is 0 Å². The fourth-order valence-corrected chi connectivity index (χ4v) is 1.87. The monoisotopic (exact) mass is 235 g/mol. The molecule has 0 saturated heterocycles. The third-order valence-electron chi connectivity index (χ3n) is 2.14. The van der Waals surface area contributed by atoms with Crippen molar-refractivity contribution in [1.29, 1.82) is 0 Å². The van der Waals surface area contributed by atoms with E-state index >= 15 is 0 Å². The molecule has 2 heteroatoms. The number of aryl methyl sites for hydroxylation is 2. The molecule has 0 fully saturated rings. The summed E-state index contributed by atoms with van der Waals surface area (Å²) in [6.45, 7) is 4.10. The molecular weight excluding hydrogens is 226 g/mol. The van der Waals surface area contributed by atoms with E-state index in [1.54, 1.807) is 0 Å². The largest absolute Gasteiger partial charge is 0.253 e. The molecule has 0 unspecified atom stereocenters. The van der Waals surface area contributed by atoms with Crippen LogP contribution in [-0.2, 0) is 0 Å². The zero-order valence-corrected chi connectivity index (χ0v) is 9.22. The minimum absolute atomic E-state index is 1.06. The highest BCUT2D eigenvalue weighted by Gasteiger charge is 2.02. The van der Waals surface area contributed by atoms with Gasteiger partial charge in [0.1, 0.15) is 0 Å². The summed E-state index contributed by atoms with van der Waals surface area (Å²) in [5.41, 5.74) is 3.38. The van der Waals surface area contributed by atoms with Gasteiger partial charge in [-0.2, -0.15) is 0 Å². The van der Waals surface area contributed by atoms with Gasteiger partial charge in [0, 0.05) is 15.6 Å². The standard InChI is InChI=1S/C11H10BrN/c1-7-3-6-10(12)9-5-4-8(2)13-11(7)9/h3-6H,1-2H3. The summed E-state index contributed by atoms with van der Waals surface area (Å²) in [5.74, 6) is 0. The molecule has 0 aliphatic heterocycles. The van der Waals surface area contributed by atoms with Gasteiger partial charge in [-0.25, -0.2) is 0 Å². The quantitative estimate of drug-likeness (QED) is 0.680. The number of halogens is 1. The van der Waals surface area contributed by atoms with Crippen LogP contribution in [-0.4, -0.2) is 4.98 Å². The molecular formula is C11H10BrN. The molecule has 2 aromatic rings. The third-order valence-corrected chi connectivity index (χ3v) is 2.84. The lowest BCUT2D eigenvalue weighted by atomic mass is 10.1. The van der Waals surface area contributed by atoms with Crippen LogP contribution in [0.4, 0.5) is 0 Å². The highest BCUT2D eigenvalue weighted by atomic mass is 79.9. The van der Waals surface area contributed by atoms with Crippen LogP contribution in [0.1, 0.15) is 11.3 Å². The molecule has 0 aliphatic rings. The third kappa shape index (κ3) is 1.46. The van der Waals surface area contributed by atoms with Crippen molar-refractivity contribution >= 4 is 26.8 Å². The Labute approximate surface area is 85.9 Å². The number of fused-ring (bicyclic) bond motifs is 1. The van der Waals surface area contributed by atoms with Crippen LogP contribution in [0.2, 0.25) is 0 Å².